The van der Waals surface area contributed by atoms with Crippen molar-refractivity contribution in [1.29, 1.82) is 0 Å². The Hall–Kier alpha value is 0.430. The Morgan fingerprint density at radius 3 is 1.44 bits per heavy atom. The molecule has 0 aromatic rings. The number of carbonyl (C=O) groups is 1. The van der Waals surface area contributed by atoms with Crippen LogP contribution in [-0.2, 0) is 4.79 Å². The summed E-state index contributed by atoms with van der Waals surface area (Å²) in [5.74, 6) is -0.505. The topological polar surface area (TPSA) is 60.4 Å². The second kappa shape index (κ2) is 17.8. The van der Waals surface area contributed by atoms with Crippen LogP contribution < -0.4 is 34.7 Å². The Labute approximate surface area is 178 Å². The van der Waals surface area contributed by atoms with Crippen molar-refractivity contribution in [3.63, 3.8) is 0 Å². The first-order valence-corrected chi connectivity index (χ1v) is 10.3. The molecule has 0 saturated heterocycles. The molecule has 0 fully saturated rings. The van der Waals surface area contributed by atoms with Crippen LogP contribution in [0, 0.1) is 5.92 Å². The number of carboxylic acid groups (broad SMARTS) is 1. The van der Waals surface area contributed by atoms with Crippen LogP contribution in [0.15, 0.2) is 0 Å². The molecule has 0 rings (SSSR count). The fourth-order valence-corrected chi connectivity index (χ4v) is 3.07. The third-order valence-corrected chi connectivity index (χ3v) is 4.88. The smallest absolute Gasteiger partial charge is 0.547 e. The fourth-order valence-electron chi connectivity index (χ4n) is 3.07. The minimum absolute atomic E-state index is 0. The Morgan fingerprint density at radius 2 is 1.12 bits per heavy atom. The van der Waals surface area contributed by atoms with E-state index in [0.29, 0.717) is 6.42 Å². The van der Waals surface area contributed by atoms with Crippen LogP contribution in [0.3, 0.4) is 0 Å². The monoisotopic (exact) mass is 364 g/mol. The van der Waals surface area contributed by atoms with E-state index < -0.39 is 11.6 Å². The molecule has 1 unspecified atom stereocenters. The maximum atomic E-state index is 10.7. The predicted molar refractivity (Wildman–Crippen MR) is 99.7 cm³/mol. The molecule has 0 radical (unpaired) electrons. The first-order chi connectivity index (χ1) is 11.4. The van der Waals surface area contributed by atoms with E-state index >= 15 is 0 Å². The van der Waals surface area contributed by atoms with Gasteiger partial charge in [-0.1, -0.05) is 104 Å². The third-order valence-electron chi connectivity index (χ3n) is 4.88. The summed E-state index contributed by atoms with van der Waals surface area (Å²) >= 11 is 0. The molecule has 0 heterocycles. The molecule has 3 nitrogen and oxygen atoms in total. The van der Waals surface area contributed by atoms with Crippen LogP contribution in [-0.4, -0.2) is 16.7 Å². The Balaban J connectivity index is 0. The minimum atomic E-state index is -1.66. The number of aliphatic carboxylic acids is 1. The van der Waals surface area contributed by atoms with E-state index in [0.717, 1.165) is 25.2 Å². The molecule has 0 amide bonds. The van der Waals surface area contributed by atoms with Gasteiger partial charge in [-0.15, -0.1) is 0 Å². The predicted octanol–water partition coefficient (Wildman–Crippen LogP) is 2.00. The molecular weight excluding hydrogens is 323 g/mol. The van der Waals surface area contributed by atoms with Crippen molar-refractivity contribution in [2.45, 2.75) is 123 Å². The van der Waals surface area contributed by atoms with Crippen molar-refractivity contribution in [2.24, 2.45) is 5.92 Å². The molecular formula is C21H41NaO3. The summed E-state index contributed by atoms with van der Waals surface area (Å²) in [6, 6.07) is 0. The van der Waals surface area contributed by atoms with Crippen LogP contribution in [0.5, 0.6) is 0 Å². The van der Waals surface area contributed by atoms with Gasteiger partial charge >= 0.3 is 29.6 Å². The van der Waals surface area contributed by atoms with Crippen LogP contribution in [0.4, 0.5) is 0 Å². The van der Waals surface area contributed by atoms with Gasteiger partial charge in [0.05, 0.1) is 5.97 Å². The van der Waals surface area contributed by atoms with Crippen molar-refractivity contribution in [3.05, 3.63) is 0 Å². The number of hydrogen-bond donors (Lipinski definition) is 1. The molecule has 1 atom stereocenters. The van der Waals surface area contributed by atoms with Crippen molar-refractivity contribution < 1.29 is 44.6 Å². The average molecular weight is 365 g/mol. The van der Waals surface area contributed by atoms with Gasteiger partial charge in [0.15, 0.2) is 0 Å². The Kier molecular flexibility index (Phi) is 19.7. The van der Waals surface area contributed by atoms with Gasteiger partial charge in [0.1, 0.15) is 5.60 Å². The number of rotatable bonds is 17. The molecule has 0 spiro atoms. The molecule has 0 bridgehead atoms. The molecule has 0 aromatic heterocycles. The van der Waals surface area contributed by atoms with Crippen molar-refractivity contribution in [2.75, 3.05) is 0 Å². The number of aliphatic hydroxyl groups is 1. The van der Waals surface area contributed by atoms with Gasteiger partial charge in [0.2, 0.25) is 0 Å². The summed E-state index contributed by atoms with van der Waals surface area (Å²) in [6.07, 6.45) is 18.1. The molecule has 0 aliphatic heterocycles. The van der Waals surface area contributed by atoms with E-state index in [9.17, 15) is 15.0 Å². The zero-order chi connectivity index (χ0) is 18.3. The first-order valence-electron chi connectivity index (χ1n) is 10.3. The quantitative estimate of drug-likeness (QED) is 0.317. The molecule has 0 aliphatic carbocycles. The third kappa shape index (κ3) is 19.0. The standard InChI is InChI=1S/C21H42O3.Na/c1-19(2)17-15-13-11-9-7-5-4-6-8-10-12-14-16-18-21(3,24)20(22)23;/h19,24H,4-18H2,1-3H3,(H,22,23);/q;+1/p-1. The fraction of sp³-hybridized carbons (Fsp3) is 0.952. The number of carbonyl (C=O) groups excluding carboxylic acids is 1. The van der Waals surface area contributed by atoms with Crippen LogP contribution >= 0.6 is 0 Å². The minimum Gasteiger partial charge on any atom is -0.547 e. The summed E-state index contributed by atoms with van der Waals surface area (Å²) in [7, 11) is 0. The van der Waals surface area contributed by atoms with Crippen molar-refractivity contribution in [3.8, 4) is 0 Å². The van der Waals surface area contributed by atoms with Gasteiger partial charge in [-0.3, -0.25) is 0 Å². The number of hydrogen-bond acceptors (Lipinski definition) is 3. The SMILES string of the molecule is CC(C)CCCCCCCCCCCCCCCC(C)(O)C(=O)[O-].[Na+]. The second-order valence-corrected chi connectivity index (χ2v) is 8.09. The summed E-state index contributed by atoms with van der Waals surface area (Å²) < 4.78 is 0. The van der Waals surface area contributed by atoms with Crippen LogP contribution in [0.1, 0.15) is 117 Å². The molecule has 0 aliphatic rings. The molecule has 4 heteroatoms. The van der Waals surface area contributed by atoms with E-state index in [1.807, 2.05) is 0 Å². The summed E-state index contributed by atoms with van der Waals surface area (Å²) in [6.45, 7) is 5.93. The normalized spacial score (nSPS) is 13.5. The molecule has 0 aromatic carbocycles. The maximum absolute atomic E-state index is 10.7. The first kappa shape index (κ1) is 27.6. The summed E-state index contributed by atoms with van der Waals surface area (Å²) in [4.78, 5) is 10.7. The van der Waals surface area contributed by atoms with Gasteiger partial charge in [-0.25, -0.2) is 0 Å². The second-order valence-electron chi connectivity index (χ2n) is 8.09. The van der Waals surface area contributed by atoms with E-state index in [2.05, 4.69) is 13.8 Å². The van der Waals surface area contributed by atoms with Gasteiger partial charge in [0, 0.05) is 0 Å². The van der Waals surface area contributed by atoms with Crippen molar-refractivity contribution in [1.82, 2.24) is 0 Å². The van der Waals surface area contributed by atoms with E-state index in [1.165, 1.54) is 77.6 Å². The van der Waals surface area contributed by atoms with Gasteiger partial charge < -0.3 is 15.0 Å². The molecule has 25 heavy (non-hydrogen) atoms. The molecule has 1 N–H and O–H groups in total. The Bertz CT molecular complexity index is 304. The van der Waals surface area contributed by atoms with E-state index in [-0.39, 0.29) is 29.6 Å². The van der Waals surface area contributed by atoms with Crippen molar-refractivity contribution >= 4 is 5.97 Å². The van der Waals surface area contributed by atoms with Gasteiger partial charge in [-0.05, 0) is 19.3 Å². The summed E-state index contributed by atoms with van der Waals surface area (Å²) in [5, 5.41) is 20.2. The van der Waals surface area contributed by atoms with Crippen LogP contribution in [0.2, 0.25) is 0 Å². The zero-order valence-electron chi connectivity index (χ0n) is 17.4. The maximum Gasteiger partial charge on any atom is 1.00 e. The van der Waals surface area contributed by atoms with Crippen LogP contribution in [0.25, 0.3) is 0 Å². The zero-order valence-corrected chi connectivity index (χ0v) is 19.4. The number of unbranched alkanes of at least 4 members (excludes halogenated alkanes) is 12. The largest absolute Gasteiger partial charge is 1.00 e. The van der Waals surface area contributed by atoms with E-state index in [1.54, 1.807) is 0 Å². The summed E-state index contributed by atoms with van der Waals surface area (Å²) in [5.41, 5.74) is -1.66. The number of carboxylic acids is 1. The molecule has 0 saturated carbocycles. The average Bonchev–Trinajstić information content (AvgIpc) is 2.50. The van der Waals surface area contributed by atoms with Gasteiger partial charge in [-0.2, -0.15) is 0 Å². The van der Waals surface area contributed by atoms with E-state index in [4.69, 9.17) is 0 Å². The molecule has 144 valence electrons. The Morgan fingerprint density at radius 1 is 0.800 bits per heavy atom. The van der Waals surface area contributed by atoms with Gasteiger partial charge in [0.25, 0.3) is 0 Å².